The molecule has 1 aliphatic rings. The third-order valence-corrected chi connectivity index (χ3v) is 2.76. The lowest BCUT2D eigenvalue weighted by molar-refractivity contribution is 0.0691. The molecule has 1 unspecified atom stereocenters. The molecule has 0 bridgehead atoms. The fraction of sp³-hybridized carbons (Fsp3) is 0.444. The van der Waals surface area contributed by atoms with Crippen LogP contribution in [0.25, 0.3) is 0 Å². The summed E-state index contributed by atoms with van der Waals surface area (Å²) >= 11 is 1.39. The number of allylic oxidation sites excluding steroid dienone is 1. The molecule has 3 heteroatoms. The Morgan fingerprint density at radius 2 is 2.50 bits per heavy atom. The zero-order chi connectivity index (χ0) is 8.44. The van der Waals surface area contributed by atoms with Crippen LogP contribution in [0.4, 0.5) is 0 Å². The van der Waals surface area contributed by atoms with Crippen LogP contribution in [0.15, 0.2) is 23.6 Å². The second kappa shape index (κ2) is 2.99. The first-order valence-electron chi connectivity index (χ1n) is 4.12. The van der Waals surface area contributed by atoms with E-state index in [2.05, 4.69) is 4.37 Å². The van der Waals surface area contributed by atoms with Crippen molar-refractivity contribution in [1.29, 1.82) is 0 Å². The summed E-state index contributed by atoms with van der Waals surface area (Å²) in [6.07, 6.45) is 6.82. The van der Waals surface area contributed by atoms with Crippen molar-refractivity contribution in [3.63, 3.8) is 0 Å². The molecule has 0 spiro atoms. The van der Waals surface area contributed by atoms with Gasteiger partial charge in [-0.3, -0.25) is 0 Å². The maximum absolute atomic E-state index is 10.1. The molecular formula is C9H11NOS. The molecule has 0 fully saturated rings. The highest BCUT2D eigenvalue weighted by Gasteiger charge is 2.29. The Bertz CT molecular complexity index is 281. The number of hydrogen-bond donors (Lipinski definition) is 1. The van der Waals surface area contributed by atoms with Crippen molar-refractivity contribution in [2.75, 3.05) is 0 Å². The normalized spacial score (nSPS) is 29.1. The predicted molar refractivity (Wildman–Crippen MR) is 49.0 cm³/mol. The highest BCUT2D eigenvalue weighted by molar-refractivity contribution is 7.03. The van der Waals surface area contributed by atoms with Crippen LogP contribution in [-0.2, 0) is 5.60 Å². The zero-order valence-electron chi connectivity index (χ0n) is 6.73. The minimum Gasteiger partial charge on any atom is -0.379 e. The SMILES string of the molecule is OC1(c2ccsn2)C=CCCC1. The number of aliphatic hydroxyl groups is 1. The van der Waals surface area contributed by atoms with Crippen molar-refractivity contribution in [1.82, 2.24) is 4.37 Å². The summed E-state index contributed by atoms with van der Waals surface area (Å²) in [5.41, 5.74) is 0.0153. The quantitative estimate of drug-likeness (QED) is 0.673. The van der Waals surface area contributed by atoms with Crippen molar-refractivity contribution in [2.45, 2.75) is 24.9 Å². The van der Waals surface area contributed by atoms with Gasteiger partial charge in [0.2, 0.25) is 0 Å². The van der Waals surface area contributed by atoms with Crippen LogP contribution in [0.2, 0.25) is 0 Å². The highest BCUT2D eigenvalue weighted by atomic mass is 32.1. The van der Waals surface area contributed by atoms with E-state index in [4.69, 9.17) is 0 Å². The largest absolute Gasteiger partial charge is 0.379 e. The average molecular weight is 181 g/mol. The van der Waals surface area contributed by atoms with E-state index in [1.807, 2.05) is 23.6 Å². The summed E-state index contributed by atoms with van der Waals surface area (Å²) in [5, 5.41) is 12.0. The minimum absolute atomic E-state index is 0.780. The van der Waals surface area contributed by atoms with E-state index in [1.54, 1.807) is 0 Å². The molecule has 0 saturated heterocycles. The van der Waals surface area contributed by atoms with Crippen LogP contribution in [0.3, 0.4) is 0 Å². The van der Waals surface area contributed by atoms with E-state index in [9.17, 15) is 5.11 Å². The van der Waals surface area contributed by atoms with Gasteiger partial charge in [0, 0.05) is 5.38 Å². The van der Waals surface area contributed by atoms with Crippen molar-refractivity contribution >= 4 is 11.5 Å². The van der Waals surface area contributed by atoms with Gasteiger partial charge >= 0.3 is 0 Å². The van der Waals surface area contributed by atoms with Crippen molar-refractivity contribution < 1.29 is 5.11 Å². The Balaban J connectivity index is 2.31. The predicted octanol–water partition coefficient (Wildman–Crippen LogP) is 2.07. The van der Waals surface area contributed by atoms with Gasteiger partial charge in [0.1, 0.15) is 5.60 Å². The van der Waals surface area contributed by atoms with Crippen LogP contribution >= 0.6 is 11.5 Å². The lowest BCUT2D eigenvalue weighted by Gasteiger charge is -2.25. The number of rotatable bonds is 1. The maximum Gasteiger partial charge on any atom is 0.126 e. The molecule has 0 radical (unpaired) electrons. The smallest absolute Gasteiger partial charge is 0.126 e. The molecule has 1 aromatic rings. The van der Waals surface area contributed by atoms with Crippen LogP contribution < -0.4 is 0 Å². The summed E-state index contributed by atoms with van der Waals surface area (Å²) in [7, 11) is 0. The molecule has 1 atom stereocenters. The molecule has 0 saturated carbocycles. The number of aromatic nitrogens is 1. The Morgan fingerprint density at radius 1 is 1.58 bits per heavy atom. The lowest BCUT2D eigenvalue weighted by Crippen LogP contribution is -2.24. The fourth-order valence-corrected chi connectivity index (χ4v) is 2.08. The Morgan fingerprint density at radius 3 is 3.08 bits per heavy atom. The molecule has 0 aromatic carbocycles. The monoisotopic (exact) mass is 181 g/mol. The third-order valence-electron chi connectivity index (χ3n) is 2.20. The molecule has 0 amide bonds. The Hall–Kier alpha value is -0.670. The molecule has 1 heterocycles. The van der Waals surface area contributed by atoms with Gasteiger partial charge < -0.3 is 5.11 Å². The molecular weight excluding hydrogens is 170 g/mol. The van der Waals surface area contributed by atoms with Crippen molar-refractivity contribution in [2.24, 2.45) is 0 Å². The minimum atomic E-state index is -0.780. The average Bonchev–Trinajstić information content (AvgIpc) is 2.58. The van der Waals surface area contributed by atoms with Gasteiger partial charge in [-0.25, -0.2) is 0 Å². The molecule has 1 N–H and O–H groups in total. The lowest BCUT2D eigenvalue weighted by atomic mass is 9.88. The zero-order valence-corrected chi connectivity index (χ0v) is 7.55. The summed E-state index contributed by atoms with van der Waals surface area (Å²) in [5.74, 6) is 0. The molecule has 2 nitrogen and oxygen atoms in total. The van der Waals surface area contributed by atoms with Gasteiger partial charge in [-0.05, 0) is 36.9 Å². The first-order valence-corrected chi connectivity index (χ1v) is 4.96. The molecule has 12 heavy (non-hydrogen) atoms. The van der Waals surface area contributed by atoms with Gasteiger partial charge in [-0.2, -0.15) is 4.37 Å². The van der Waals surface area contributed by atoms with E-state index >= 15 is 0 Å². The molecule has 1 aromatic heterocycles. The van der Waals surface area contributed by atoms with Crippen molar-refractivity contribution in [3.05, 3.63) is 29.3 Å². The van der Waals surface area contributed by atoms with Gasteiger partial charge in [-0.15, -0.1) is 0 Å². The second-order valence-corrected chi connectivity index (χ2v) is 3.77. The third kappa shape index (κ3) is 1.30. The first-order chi connectivity index (χ1) is 5.81. The maximum atomic E-state index is 10.1. The van der Waals surface area contributed by atoms with Crippen LogP contribution in [0.1, 0.15) is 25.0 Å². The van der Waals surface area contributed by atoms with Crippen LogP contribution in [-0.4, -0.2) is 9.48 Å². The second-order valence-electron chi connectivity index (χ2n) is 3.10. The van der Waals surface area contributed by atoms with E-state index < -0.39 is 5.60 Å². The van der Waals surface area contributed by atoms with Gasteiger partial charge in [0.25, 0.3) is 0 Å². The van der Waals surface area contributed by atoms with E-state index in [-0.39, 0.29) is 0 Å². The number of nitrogens with zero attached hydrogens (tertiary/aromatic N) is 1. The fourth-order valence-electron chi connectivity index (χ4n) is 1.50. The number of hydrogen-bond acceptors (Lipinski definition) is 3. The summed E-state index contributed by atoms with van der Waals surface area (Å²) in [4.78, 5) is 0. The standard InChI is InChI=1S/C9H11NOS/c11-9(5-2-1-3-6-9)8-4-7-12-10-8/h2,4-5,7,11H,1,3,6H2. The highest BCUT2D eigenvalue weighted by Crippen LogP contribution is 2.31. The van der Waals surface area contributed by atoms with E-state index in [1.165, 1.54) is 11.5 Å². The molecule has 64 valence electrons. The molecule has 0 aliphatic heterocycles. The van der Waals surface area contributed by atoms with E-state index in [0.717, 1.165) is 25.0 Å². The van der Waals surface area contributed by atoms with Crippen molar-refractivity contribution in [3.8, 4) is 0 Å². The topological polar surface area (TPSA) is 33.1 Å². The summed E-state index contributed by atoms with van der Waals surface area (Å²) < 4.78 is 4.15. The Kier molecular flexibility index (Phi) is 1.98. The van der Waals surface area contributed by atoms with Crippen LogP contribution in [0, 0.1) is 0 Å². The van der Waals surface area contributed by atoms with Gasteiger partial charge in [0.05, 0.1) is 5.69 Å². The molecule has 1 aliphatic carbocycles. The van der Waals surface area contributed by atoms with Crippen LogP contribution in [0.5, 0.6) is 0 Å². The van der Waals surface area contributed by atoms with Gasteiger partial charge in [0.15, 0.2) is 0 Å². The Labute approximate surface area is 75.7 Å². The molecule has 2 rings (SSSR count). The summed E-state index contributed by atoms with van der Waals surface area (Å²) in [6.45, 7) is 0. The van der Waals surface area contributed by atoms with E-state index in [0.29, 0.717) is 0 Å². The summed E-state index contributed by atoms with van der Waals surface area (Å²) in [6, 6.07) is 1.89. The first kappa shape index (κ1) is 7.95. The van der Waals surface area contributed by atoms with Gasteiger partial charge in [-0.1, -0.05) is 12.2 Å².